The minimum Gasteiger partial charge on any atom is -0.423 e. The van der Waals surface area contributed by atoms with Crippen LogP contribution >= 0.6 is 0 Å². The predicted octanol–water partition coefficient (Wildman–Crippen LogP) is 1.03. The summed E-state index contributed by atoms with van der Waals surface area (Å²) < 4.78 is 0. The summed E-state index contributed by atoms with van der Waals surface area (Å²) in [5.74, 6) is -0.261. The van der Waals surface area contributed by atoms with E-state index in [4.69, 9.17) is 15.8 Å². The van der Waals surface area contributed by atoms with Gasteiger partial charge in [-0.3, -0.25) is 4.79 Å². The maximum absolute atomic E-state index is 12.4. The Morgan fingerprint density at radius 1 is 1.00 bits per heavy atom. The van der Waals surface area contributed by atoms with Crippen molar-refractivity contribution in [2.75, 3.05) is 5.32 Å². The molecule has 3 aromatic rings. The normalized spacial score (nSPS) is 12.0. The maximum atomic E-state index is 12.4. The van der Waals surface area contributed by atoms with Gasteiger partial charge in [0.05, 0.1) is 6.04 Å². The number of nitrogens with two attached hydrogens (primary N) is 1. The molecule has 0 unspecified atom stereocenters. The van der Waals surface area contributed by atoms with Gasteiger partial charge in [0, 0.05) is 11.1 Å². The van der Waals surface area contributed by atoms with E-state index in [1.54, 1.807) is 24.3 Å². The summed E-state index contributed by atoms with van der Waals surface area (Å²) in [5, 5.41) is 23.1. The molecule has 0 saturated heterocycles. The van der Waals surface area contributed by atoms with Gasteiger partial charge in [-0.15, -0.1) is 0 Å². The fraction of sp³-hybridized carbons (Fsp3) is 0.105. The van der Waals surface area contributed by atoms with Crippen LogP contribution in [0.25, 0.3) is 10.8 Å². The molecule has 0 bridgehead atoms. The van der Waals surface area contributed by atoms with E-state index in [1.807, 2.05) is 42.5 Å². The molecule has 0 aliphatic carbocycles. The highest BCUT2D eigenvalue weighted by Gasteiger charge is 2.16. The van der Waals surface area contributed by atoms with Gasteiger partial charge >= 0.3 is 7.12 Å². The third kappa shape index (κ3) is 4.06. The molecule has 126 valence electrons. The highest BCUT2D eigenvalue weighted by atomic mass is 16.4. The SMILES string of the molecule is N[C@@H](Cc1ccc(B(O)O)cc1)C(=O)Nc1cccc2ccccc12. The number of hydrogen-bond acceptors (Lipinski definition) is 4. The lowest BCUT2D eigenvalue weighted by Gasteiger charge is -2.14. The van der Waals surface area contributed by atoms with E-state index < -0.39 is 13.2 Å². The smallest absolute Gasteiger partial charge is 0.423 e. The first-order chi connectivity index (χ1) is 12.0. The lowest BCUT2D eigenvalue weighted by Crippen LogP contribution is -2.37. The molecular formula is C19H19BN2O3. The van der Waals surface area contributed by atoms with Crippen molar-refractivity contribution in [3.8, 4) is 0 Å². The van der Waals surface area contributed by atoms with Crippen molar-refractivity contribution in [3.05, 3.63) is 72.3 Å². The van der Waals surface area contributed by atoms with Crippen molar-refractivity contribution in [3.63, 3.8) is 0 Å². The van der Waals surface area contributed by atoms with Crippen LogP contribution in [0.1, 0.15) is 5.56 Å². The standard InChI is InChI=1S/C19H19BN2O3/c21-17(12-13-8-10-15(11-9-13)20(24)25)19(23)22-18-7-3-5-14-4-1-2-6-16(14)18/h1-11,17,24-25H,12,21H2,(H,22,23)/t17-/m0/s1. The van der Waals surface area contributed by atoms with Crippen molar-refractivity contribution >= 4 is 34.9 Å². The Morgan fingerprint density at radius 3 is 2.40 bits per heavy atom. The molecule has 0 aliphatic rings. The van der Waals surface area contributed by atoms with Crippen LogP contribution in [0.5, 0.6) is 0 Å². The van der Waals surface area contributed by atoms with E-state index in [-0.39, 0.29) is 5.91 Å². The summed E-state index contributed by atoms with van der Waals surface area (Å²) in [5.41, 5.74) is 8.01. The molecule has 0 spiro atoms. The average Bonchev–Trinajstić information content (AvgIpc) is 2.62. The van der Waals surface area contributed by atoms with Crippen LogP contribution in [0, 0.1) is 0 Å². The number of fused-ring (bicyclic) bond motifs is 1. The van der Waals surface area contributed by atoms with E-state index in [0.29, 0.717) is 11.9 Å². The monoisotopic (exact) mass is 334 g/mol. The Bertz CT molecular complexity index is 876. The second-order valence-corrected chi connectivity index (χ2v) is 5.94. The van der Waals surface area contributed by atoms with E-state index in [1.165, 1.54) is 0 Å². The van der Waals surface area contributed by atoms with E-state index in [9.17, 15) is 4.79 Å². The van der Waals surface area contributed by atoms with Gasteiger partial charge in [0.1, 0.15) is 0 Å². The third-order valence-corrected chi connectivity index (χ3v) is 4.12. The molecule has 0 aromatic heterocycles. The molecule has 25 heavy (non-hydrogen) atoms. The Balaban J connectivity index is 1.70. The van der Waals surface area contributed by atoms with E-state index in [0.717, 1.165) is 22.0 Å². The van der Waals surface area contributed by atoms with Crippen molar-refractivity contribution in [1.29, 1.82) is 0 Å². The fourth-order valence-corrected chi connectivity index (χ4v) is 2.73. The zero-order chi connectivity index (χ0) is 17.8. The Labute approximate surface area is 146 Å². The number of hydrogen-bond donors (Lipinski definition) is 4. The van der Waals surface area contributed by atoms with Crippen LogP contribution in [0.2, 0.25) is 0 Å². The fourth-order valence-electron chi connectivity index (χ4n) is 2.73. The number of anilines is 1. The first kappa shape index (κ1) is 17.2. The van der Waals surface area contributed by atoms with Gasteiger partial charge in [-0.1, -0.05) is 60.7 Å². The summed E-state index contributed by atoms with van der Waals surface area (Å²) in [6, 6.07) is 19.5. The summed E-state index contributed by atoms with van der Waals surface area (Å²) >= 11 is 0. The second-order valence-electron chi connectivity index (χ2n) is 5.94. The average molecular weight is 334 g/mol. The van der Waals surface area contributed by atoms with Crippen molar-refractivity contribution in [2.45, 2.75) is 12.5 Å². The maximum Gasteiger partial charge on any atom is 0.488 e. The molecular weight excluding hydrogens is 315 g/mol. The lowest BCUT2D eigenvalue weighted by molar-refractivity contribution is -0.117. The van der Waals surface area contributed by atoms with Crippen molar-refractivity contribution < 1.29 is 14.8 Å². The van der Waals surface area contributed by atoms with Gasteiger partial charge in [-0.25, -0.2) is 0 Å². The molecule has 3 rings (SSSR count). The molecule has 0 saturated carbocycles. The lowest BCUT2D eigenvalue weighted by atomic mass is 9.80. The van der Waals surface area contributed by atoms with Crippen molar-refractivity contribution in [2.24, 2.45) is 5.73 Å². The van der Waals surface area contributed by atoms with Gasteiger partial charge in [0.25, 0.3) is 0 Å². The summed E-state index contributed by atoms with van der Waals surface area (Å²) in [7, 11) is -1.50. The van der Waals surface area contributed by atoms with E-state index >= 15 is 0 Å². The highest BCUT2D eigenvalue weighted by molar-refractivity contribution is 6.58. The Hall–Kier alpha value is -2.67. The van der Waals surface area contributed by atoms with Crippen LogP contribution in [0.15, 0.2) is 66.7 Å². The van der Waals surface area contributed by atoms with Gasteiger partial charge in [0.15, 0.2) is 0 Å². The highest BCUT2D eigenvalue weighted by Crippen LogP contribution is 2.23. The quantitative estimate of drug-likeness (QED) is 0.524. The molecule has 0 heterocycles. The van der Waals surface area contributed by atoms with Crippen LogP contribution < -0.4 is 16.5 Å². The van der Waals surface area contributed by atoms with Gasteiger partial charge in [0.2, 0.25) is 5.91 Å². The molecule has 5 nitrogen and oxygen atoms in total. The van der Waals surface area contributed by atoms with E-state index in [2.05, 4.69) is 5.32 Å². The molecule has 6 heteroatoms. The molecule has 5 N–H and O–H groups in total. The predicted molar refractivity (Wildman–Crippen MR) is 101 cm³/mol. The third-order valence-electron chi connectivity index (χ3n) is 4.12. The number of carbonyl (C=O) groups is 1. The van der Waals surface area contributed by atoms with Crippen LogP contribution in [-0.4, -0.2) is 29.1 Å². The molecule has 3 aromatic carbocycles. The Morgan fingerprint density at radius 2 is 1.68 bits per heavy atom. The minimum absolute atomic E-state index is 0.261. The topological polar surface area (TPSA) is 95.6 Å². The summed E-state index contributed by atoms with van der Waals surface area (Å²) in [6.07, 6.45) is 0.360. The zero-order valence-corrected chi connectivity index (χ0v) is 13.6. The molecule has 0 radical (unpaired) electrons. The van der Waals surface area contributed by atoms with Crippen LogP contribution in [-0.2, 0) is 11.2 Å². The number of rotatable bonds is 5. The number of amides is 1. The second kappa shape index (κ2) is 7.48. The number of carbonyl (C=O) groups excluding carboxylic acids is 1. The largest absolute Gasteiger partial charge is 0.488 e. The van der Waals surface area contributed by atoms with Gasteiger partial charge in [-0.05, 0) is 28.9 Å². The molecule has 0 aliphatic heterocycles. The molecule has 0 fully saturated rings. The number of nitrogens with one attached hydrogen (secondary N) is 1. The summed E-state index contributed by atoms with van der Waals surface area (Å²) in [4.78, 5) is 12.4. The van der Waals surface area contributed by atoms with Crippen molar-refractivity contribution in [1.82, 2.24) is 0 Å². The first-order valence-corrected chi connectivity index (χ1v) is 8.04. The molecule has 1 atom stereocenters. The van der Waals surface area contributed by atoms with Crippen LogP contribution in [0.4, 0.5) is 5.69 Å². The molecule has 1 amide bonds. The Kier molecular flexibility index (Phi) is 5.14. The summed E-state index contributed by atoms with van der Waals surface area (Å²) in [6.45, 7) is 0. The number of benzene rings is 3. The first-order valence-electron chi connectivity index (χ1n) is 8.04. The van der Waals surface area contributed by atoms with Gasteiger partial charge in [-0.2, -0.15) is 0 Å². The van der Waals surface area contributed by atoms with Crippen LogP contribution in [0.3, 0.4) is 0 Å². The zero-order valence-electron chi connectivity index (χ0n) is 13.6. The minimum atomic E-state index is -1.50. The van der Waals surface area contributed by atoms with Gasteiger partial charge < -0.3 is 21.1 Å².